The molecule has 0 spiro atoms. The van der Waals surface area contributed by atoms with Gasteiger partial charge in [0.15, 0.2) is 0 Å². The lowest BCUT2D eigenvalue weighted by Gasteiger charge is -2.12. The van der Waals surface area contributed by atoms with Crippen LogP contribution in [-0.4, -0.2) is 32.2 Å². The molecule has 3 nitrogen and oxygen atoms in total. The van der Waals surface area contributed by atoms with Crippen molar-refractivity contribution in [1.29, 1.82) is 0 Å². The quantitative estimate of drug-likeness (QED) is 0.332. The molecular weight excluding hydrogens is 270 g/mol. The lowest BCUT2D eigenvalue weighted by Crippen LogP contribution is -2.25. The van der Waals surface area contributed by atoms with E-state index in [4.69, 9.17) is 5.73 Å². The zero-order chi connectivity index (χ0) is 16.3. The minimum absolute atomic E-state index is 0.392. The molecule has 0 saturated heterocycles. The van der Waals surface area contributed by atoms with E-state index in [1.807, 2.05) is 0 Å². The van der Waals surface area contributed by atoms with Gasteiger partial charge < -0.3 is 16.4 Å². The second-order valence-corrected chi connectivity index (χ2v) is 6.67. The van der Waals surface area contributed by atoms with E-state index in [0.717, 1.165) is 13.1 Å². The van der Waals surface area contributed by atoms with E-state index in [2.05, 4.69) is 24.5 Å². The number of nitrogens with two attached hydrogens (primary N) is 1. The van der Waals surface area contributed by atoms with Gasteiger partial charge in [0, 0.05) is 6.04 Å². The Balaban J connectivity index is 3.11. The van der Waals surface area contributed by atoms with Gasteiger partial charge >= 0.3 is 0 Å². The lowest BCUT2D eigenvalue weighted by atomic mass is 10.1. The zero-order valence-corrected chi connectivity index (χ0v) is 15.5. The number of nitrogens with one attached hydrogen (secondary N) is 2. The number of rotatable bonds is 18. The van der Waals surface area contributed by atoms with Crippen LogP contribution in [0.3, 0.4) is 0 Å². The summed E-state index contributed by atoms with van der Waals surface area (Å²) < 4.78 is 0. The van der Waals surface area contributed by atoms with E-state index in [1.165, 1.54) is 90.1 Å². The highest BCUT2D eigenvalue weighted by Crippen LogP contribution is 2.02. The Morgan fingerprint density at radius 1 is 0.591 bits per heavy atom. The Morgan fingerprint density at radius 2 is 1.00 bits per heavy atom. The molecule has 4 N–H and O–H groups in total. The van der Waals surface area contributed by atoms with E-state index in [-0.39, 0.29) is 0 Å². The van der Waals surface area contributed by atoms with E-state index >= 15 is 0 Å². The van der Waals surface area contributed by atoms with Gasteiger partial charge in [-0.25, -0.2) is 0 Å². The van der Waals surface area contributed by atoms with Gasteiger partial charge in [0.1, 0.15) is 0 Å². The molecule has 0 radical (unpaired) electrons. The summed E-state index contributed by atoms with van der Waals surface area (Å²) in [5.41, 5.74) is 6.18. The van der Waals surface area contributed by atoms with Crippen LogP contribution in [-0.2, 0) is 0 Å². The summed E-state index contributed by atoms with van der Waals surface area (Å²) in [7, 11) is 0. The van der Waals surface area contributed by atoms with Crippen LogP contribution in [0.5, 0.6) is 0 Å². The van der Waals surface area contributed by atoms with Crippen LogP contribution in [0, 0.1) is 0 Å². The Bertz CT molecular complexity index is 177. The van der Waals surface area contributed by atoms with Gasteiger partial charge in [0.25, 0.3) is 0 Å². The highest BCUT2D eigenvalue weighted by atomic mass is 14.8. The summed E-state index contributed by atoms with van der Waals surface area (Å²) in [6.07, 6.45) is 15.6. The molecule has 0 unspecified atom stereocenters. The molecule has 0 aromatic rings. The molecule has 0 fully saturated rings. The monoisotopic (exact) mass is 313 g/mol. The van der Waals surface area contributed by atoms with Gasteiger partial charge in [-0.15, -0.1) is 0 Å². The van der Waals surface area contributed by atoms with Crippen LogP contribution in [0.2, 0.25) is 0 Å². The van der Waals surface area contributed by atoms with Crippen LogP contribution in [0.1, 0.15) is 90.9 Å². The van der Waals surface area contributed by atoms with Crippen molar-refractivity contribution in [1.82, 2.24) is 10.6 Å². The molecular formula is C19H43N3. The fraction of sp³-hybridized carbons (Fsp3) is 1.00. The SMILES string of the molecule is CCCCCCNCCCC(N)CCCNCCCCCC. The van der Waals surface area contributed by atoms with E-state index in [1.54, 1.807) is 0 Å². The van der Waals surface area contributed by atoms with E-state index in [9.17, 15) is 0 Å². The van der Waals surface area contributed by atoms with Crippen molar-refractivity contribution < 1.29 is 0 Å². The van der Waals surface area contributed by atoms with Gasteiger partial charge in [-0.2, -0.15) is 0 Å². The predicted octanol–water partition coefficient (Wildman–Crippen LogP) is 4.21. The molecule has 0 aromatic heterocycles. The van der Waals surface area contributed by atoms with Crippen molar-refractivity contribution in [2.45, 2.75) is 96.9 Å². The first-order valence-electron chi connectivity index (χ1n) is 9.98. The van der Waals surface area contributed by atoms with E-state index in [0.29, 0.717) is 6.04 Å². The third kappa shape index (κ3) is 17.9. The van der Waals surface area contributed by atoms with Crippen molar-refractivity contribution in [3.8, 4) is 0 Å². The van der Waals surface area contributed by atoms with Gasteiger partial charge in [-0.05, 0) is 64.7 Å². The number of hydrogen-bond acceptors (Lipinski definition) is 3. The van der Waals surface area contributed by atoms with Crippen LogP contribution in [0.4, 0.5) is 0 Å². The normalized spacial score (nSPS) is 11.5. The molecule has 0 aliphatic rings. The lowest BCUT2D eigenvalue weighted by molar-refractivity contribution is 0.491. The first-order chi connectivity index (χ1) is 10.8. The number of hydrogen-bond donors (Lipinski definition) is 3. The Labute approximate surface area is 140 Å². The second kappa shape index (κ2) is 18.9. The maximum Gasteiger partial charge on any atom is 0.00397 e. The van der Waals surface area contributed by atoms with Gasteiger partial charge in [-0.3, -0.25) is 0 Å². The molecule has 0 atom stereocenters. The topological polar surface area (TPSA) is 50.1 Å². The van der Waals surface area contributed by atoms with Crippen molar-refractivity contribution in [2.75, 3.05) is 26.2 Å². The highest BCUT2D eigenvalue weighted by Gasteiger charge is 2.01. The summed E-state index contributed by atoms with van der Waals surface area (Å²) in [4.78, 5) is 0. The van der Waals surface area contributed by atoms with Crippen LogP contribution < -0.4 is 16.4 Å². The van der Waals surface area contributed by atoms with E-state index < -0.39 is 0 Å². The molecule has 0 saturated carbocycles. The molecule has 3 heteroatoms. The van der Waals surface area contributed by atoms with Crippen LogP contribution >= 0.6 is 0 Å². The smallest absolute Gasteiger partial charge is 0.00397 e. The highest BCUT2D eigenvalue weighted by molar-refractivity contribution is 4.63. The van der Waals surface area contributed by atoms with Gasteiger partial charge in [0.05, 0.1) is 0 Å². The maximum absolute atomic E-state index is 6.18. The molecule has 0 bridgehead atoms. The van der Waals surface area contributed by atoms with Gasteiger partial charge in [-0.1, -0.05) is 52.4 Å². The van der Waals surface area contributed by atoms with Crippen molar-refractivity contribution >= 4 is 0 Å². The minimum atomic E-state index is 0.392. The molecule has 0 rings (SSSR count). The van der Waals surface area contributed by atoms with Crippen molar-refractivity contribution in [2.24, 2.45) is 5.73 Å². The predicted molar refractivity (Wildman–Crippen MR) is 100 cm³/mol. The van der Waals surface area contributed by atoms with Crippen LogP contribution in [0.25, 0.3) is 0 Å². The Kier molecular flexibility index (Phi) is 18.8. The second-order valence-electron chi connectivity index (χ2n) is 6.67. The Morgan fingerprint density at radius 3 is 1.41 bits per heavy atom. The third-order valence-electron chi connectivity index (χ3n) is 4.27. The van der Waals surface area contributed by atoms with Crippen molar-refractivity contribution in [3.63, 3.8) is 0 Å². The average molecular weight is 314 g/mol. The molecule has 134 valence electrons. The number of unbranched alkanes of at least 4 members (excludes halogenated alkanes) is 6. The molecule has 0 aliphatic heterocycles. The first kappa shape index (κ1) is 21.9. The molecule has 22 heavy (non-hydrogen) atoms. The third-order valence-corrected chi connectivity index (χ3v) is 4.27. The largest absolute Gasteiger partial charge is 0.328 e. The summed E-state index contributed by atoms with van der Waals surface area (Å²) in [6.45, 7) is 9.15. The fourth-order valence-corrected chi connectivity index (χ4v) is 2.73. The molecule has 0 heterocycles. The van der Waals surface area contributed by atoms with Gasteiger partial charge in [0.2, 0.25) is 0 Å². The first-order valence-corrected chi connectivity index (χ1v) is 9.98. The summed E-state index contributed by atoms with van der Waals surface area (Å²) in [5, 5.41) is 7.06. The summed E-state index contributed by atoms with van der Waals surface area (Å²) >= 11 is 0. The molecule has 0 aromatic carbocycles. The van der Waals surface area contributed by atoms with Crippen LogP contribution in [0.15, 0.2) is 0 Å². The summed E-state index contributed by atoms with van der Waals surface area (Å²) in [5.74, 6) is 0. The van der Waals surface area contributed by atoms with Crippen molar-refractivity contribution in [3.05, 3.63) is 0 Å². The fourth-order valence-electron chi connectivity index (χ4n) is 2.73. The molecule has 0 amide bonds. The zero-order valence-electron chi connectivity index (χ0n) is 15.5. The minimum Gasteiger partial charge on any atom is -0.328 e. The maximum atomic E-state index is 6.18. The Hall–Kier alpha value is -0.120. The average Bonchev–Trinajstić information content (AvgIpc) is 2.52. The summed E-state index contributed by atoms with van der Waals surface area (Å²) in [6, 6.07) is 0.392. The molecule has 0 aliphatic carbocycles. The standard InChI is InChI=1S/C19H43N3/c1-3-5-7-9-15-21-17-11-13-19(20)14-12-18-22-16-10-8-6-4-2/h19,21-22H,3-18,20H2,1-2H3.